The fourth-order valence-electron chi connectivity index (χ4n) is 1.82. The second kappa shape index (κ2) is 5.53. The molecular weight excluding hydrogens is 196 g/mol. The highest BCUT2D eigenvalue weighted by Crippen LogP contribution is 2.26. The highest BCUT2D eigenvalue weighted by Gasteiger charge is 2.35. The molecule has 0 saturated carbocycles. The molecule has 0 aromatic rings. The van der Waals surface area contributed by atoms with Crippen LogP contribution in [0.5, 0.6) is 0 Å². The molecular formula is C11H16O4. The second-order valence-electron chi connectivity index (χ2n) is 3.55. The van der Waals surface area contributed by atoms with E-state index >= 15 is 0 Å². The third kappa shape index (κ3) is 2.81. The van der Waals surface area contributed by atoms with Gasteiger partial charge in [0.15, 0.2) is 5.92 Å². The van der Waals surface area contributed by atoms with Gasteiger partial charge in [0.05, 0.1) is 14.2 Å². The molecule has 0 N–H and O–H groups in total. The van der Waals surface area contributed by atoms with Crippen LogP contribution in [0.4, 0.5) is 0 Å². The van der Waals surface area contributed by atoms with Crippen molar-refractivity contribution < 1.29 is 19.1 Å². The third-order valence-electron chi connectivity index (χ3n) is 2.63. The van der Waals surface area contributed by atoms with Crippen molar-refractivity contribution in [3.8, 4) is 0 Å². The van der Waals surface area contributed by atoms with Gasteiger partial charge >= 0.3 is 11.9 Å². The molecule has 0 aliphatic heterocycles. The highest BCUT2D eigenvalue weighted by molar-refractivity contribution is 5.95. The van der Waals surface area contributed by atoms with E-state index in [0.717, 1.165) is 19.3 Å². The van der Waals surface area contributed by atoms with Crippen LogP contribution in [-0.4, -0.2) is 26.2 Å². The van der Waals surface area contributed by atoms with E-state index < -0.39 is 17.9 Å². The first-order valence-corrected chi connectivity index (χ1v) is 5.03. The van der Waals surface area contributed by atoms with E-state index in [-0.39, 0.29) is 5.92 Å². The number of esters is 2. The lowest BCUT2D eigenvalue weighted by Gasteiger charge is -2.22. The lowest BCUT2D eigenvalue weighted by atomic mass is 9.84. The SMILES string of the molecule is COC(=O)C(C(=O)OC)C1C=CCCC1. The number of carbonyl (C=O) groups is 2. The number of carbonyl (C=O) groups excluding carboxylic acids is 2. The quantitative estimate of drug-likeness (QED) is 0.402. The van der Waals surface area contributed by atoms with Crippen molar-refractivity contribution in [2.24, 2.45) is 11.8 Å². The molecule has 0 fully saturated rings. The molecule has 4 heteroatoms. The molecule has 0 bridgehead atoms. The monoisotopic (exact) mass is 212 g/mol. The summed E-state index contributed by atoms with van der Waals surface area (Å²) in [5.41, 5.74) is 0. The van der Waals surface area contributed by atoms with E-state index in [0.29, 0.717) is 0 Å². The Morgan fingerprint density at radius 1 is 1.27 bits per heavy atom. The Morgan fingerprint density at radius 3 is 2.27 bits per heavy atom. The van der Waals surface area contributed by atoms with Gasteiger partial charge < -0.3 is 9.47 Å². The minimum absolute atomic E-state index is 0.0846. The Labute approximate surface area is 89.2 Å². The minimum atomic E-state index is -0.809. The van der Waals surface area contributed by atoms with Crippen LogP contribution < -0.4 is 0 Å². The predicted molar refractivity (Wildman–Crippen MR) is 54.0 cm³/mol. The van der Waals surface area contributed by atoms with Crippen molar-refractivity contribution >= 4 is 11.9 Å². The van der Waals surface area contributed by atoms with E-state index in [9.17, 15) is 9.59 Å². The van der Waals surface area contributed by atoms with Gasteiger partial charge in [0.2, 0.25) is 0 Å². The number of ether oxygens (including phenoxy) is 2. The Bertz CT molecular complexity index is 254. The summed E-state index contributed by atoms with van der Waals surface area (Å²) in [5, 5.41) is 0. The average molecular weight is 212 g/mol. The van der Waals surface area contributed by atoms with Crippen LogP contribution in [0, 0.1) is 11.8 Å². The van der Waals surface area contributed by atoms with Gasteiger partial charge in [0, 0.05) is 5.92 Å². The fraction of sp³-hybridized carbons (Fsp3) is 0.636. The largest absolute Gasteiger partial charge is 0.468 e. The van der Waals surface area contributed by atoms with Crippen LogP contribution in [-0.2, 0) is 19.1 Å². The lowest BCUT2D eigenvalue weighted by molar-refractivity contribution is -0.160. The van der Waals surface area contributed by atoms with E-state index in [1.807, 2.05) is 12.2 Å². The zero-order valence-corrected chi connectivity index (χ0v) is 9.06. The molecule has 0 aromatic carbocycles. The van der Waals surface area contributed by atoms with Gasteiger partial charge in [-0.2, -0.15) is 0 Å². The third-order valence-corrected chi connectivity index (χ3v) is 2.63. The van der Waals surface area contributed by atoms with Gasteiger partial charge in [-0.15, -0.1) is 0 Å². The van der Waals surface area contributed by atoms with E-state index in [4.69, 9.17) is 0 Å². The molecule has 1 aliphatic carbocycles. The molecule has 0 spiro atoms. The highest BCUT2D eigenvalue weighted by atomic mass is 16.5. The molecule has 1 aliphatic rings. The fourth-order valence-corrected chi connectivity index (χ4v) is 1.82. The number of hydrogen-bond donors (Lipinski definition) is 0. The summed E-state index contributed by atoms with van der Waals surface area (Å²) in [5.74, 6) is -1.92. The van der Waals surface area contributed by atoms with Crippen molar-refractivity contribution in [2.45, 2.75) is 19.3 Å². The summed E-state index contributed by atoms with van der Waals surface area (Å²) < 4.78 is 9.23. The minimum Gasteiger partial charge on any atom is -0.468 e. The van der Waals surface area contributed by atoms with Crippen LogP contribution in [0.15, 0.2) is 12.2 Å². The lowest BCUT2D eigenvalue weighted by Crippen LogP contribution is -2.33. The maximum absolute atomic E-state index is 11.5. The summed E-state index contributed by atoms with van der Waals surface area (Å²) in [4.78, 5) is 22.9. The first kappa shape index (κ1) is 11.8. The average Bonchev–Trinajstić information content (AvgIpc) is 2.30. The maximum Gasteiger partial charge on any atom is 0.320 e. The molecule has 1 rings (SSSR count). The Balaban J connectivity index is 2.79. The first-order chi connectivity index (χ1) is 7.20. The second-order valence-corrected chi connectivity index (χ2v) is 3.55. The van der Waals surface area contributed by atoms with Crippen molar-refractivity contribution in [3.63, 3.8) is 0 Å². The molecule has 1 atom stereocenters. The summed E-state index contributed by atoms with van der Waals surface area (Å²) in [6.45, 7) is 0. The summed E-state index contributed by atoms with van der Waals surface area (Å²) >= 11 is 0. The van der Waals surface area contributed by atoms with Gasteiger partial charge in [-0.3, -0.25) is 9.59 Å². The van der Waals surface area contributed by atoms with Crippen LogP contribution in [0.25, 0.3) is 0 Å². The van der Waals surface area contributed by atoms with Gasteiger partial charge in [-0.1, -0.05) is 12.2 Å². The maximum atomic E-state index is 11.5. The molecule has 0 amide bonds. The molecule has 15 heavy (non-hydrogen) atoms. The normalized spacial score (nSPS) is 20.1. The van der Waals surface area contributed by atoms with Crippen LogP contribution in [0.3, 0.4) is 0 Å². The van der Waals surface area contributed by atoms with E-state index in [1.54, 1.807) is 0 Å². The molecule has 0 aromatic heterocycles. The van der Waals surface area contributed by atoms with E-state index in [2.05, 4.69) is 9.47 Å². The molecule has 0 heterocycles. The standard InChI is InChI=1S/C11H16O4/c1-14-10(12)9(11(13)15-2)8-6-4-3-5-7-8/h4,6,8-9H,3,5,7H2,1-2H3. The van der Waals surface area contributed by atoms with Crippen molar-refractivity contribution in [3.05, 3.63) is 12.2 Å². The first-order valence-electron chi connectivity index (χ1n) is 5.03. The van der Waals surface area contributed by atoms with Gasteiger partial charge in [-0.05, 0) is 19.3 Å². The smallest absolute Gasteiger partial charge is 0.320 e. The number of methoxy groups -OCH3 is 2. The number of allylic oxidation sites excluding steroid dienone is 2. The van der Waals surface area contributed by atoms with Gasteiger partial charge in [-0.25, -0.2) is 0 Å². The van der Waals surface area contributed by atoms with Crippen molar-refractivity contribution in [1.29, 1.82) is 0 Å². The molecule has 4 nitrogen and oxygen atoms in total. The summed E-state index contributed by atoms with van der Waals surface area (Å²) in [7, 11) is 2.57. The zero-order valence-electron chi connectivity index (χ0n) is 9.06. The predicted octanol–water partition coefficient (Wildman–Crippen LogP) is 1.30. The number of rotatable bonds is 3. The summed E-state index contributed by atoms with van der Waals surface area (Å²) in [6, 6.07) is 0. The molecule has 0 saturated heterocycles. The van der Waals surface area contributed by atoms with Gasteiger partial charge in [0.25, 0.3) is 0 Å². The molecule has 84 valence electrons. The Morgan fingerprint density at radius 2 is 1.87 bits per heavy atom. The number of hydrogen-bond acceptors (Lipinski definition) is 4. The van der Waals surface area contributed by atoms with Crippen molar-refractivity contribution in [2.75, 3.05) is 14.2 Å². The van der Waals surface area contributed by atoms with Crippen LogP contribution in [0.1, 0.15) is 19.3 Å². The molecule has 1 unspecified atom stereocenters. The van der Waals surface area contributed by atoms with Crippen LogP contribution >= 0.6 is 0 Å². The van der Waals surface area contributed by atoms with Crippen molar-refractivity contribution in [1.82, 2.24) is 0 Å². The van der Waals surface area contributed by atoms with Gasteiger partial charge in [0.1, 0.15) is 0 Å². The zero-order chi connectivity index (χ0) is 11.3. The Hall–Kier alpha value is -1.32. The molecule has 0 radical (unpaired) electrons. The van der Waals surface area contributed by atoms with E-state index in [1.165, 1.54) is 14.2 Å². The topological polar surface area (TPSA) is 52.6 Å². The summed E-state index contributed by atoms with van der Waals surface area (Å²) in [6.07, 6.45) is 6.72. The van der Waals surface area contributed by atoms with Crippen LogP contribution in [0.2, 0.25) is 0 Å². The Kier molecular flexibility index (Phi) is 4.34.